The quantitative estimate of drug-likeness (QED) is 0.678. The van der Waals surface area contributed by atoms with Gasteiger partial charge in [0.05, 0.1) is 26.2 Å². The molecule has 1 aliphatic rings. The topological polar surface area (TPSA) is 37.1 Å². The van der Waals surface area contributed by atoms with E-state index < -0.39 is 6.10 Å². The Hall–Kier alpha value is -2.56. The normalized spacial score (nSPS) is 16.2. The molecule has 0 bridgehead atoms. The zero-order chi connectivity index (χ0) is 20.2. The van der Waals surface area contributed by atoms with Gasteiger partial charge in [-0.2, -0.15) is 0 Å². The molecule has 1 atom stereocenters. The first-order chi connectivity index (χ1) is 14.1. The van der Waals surface area contributed by atoms with Crippen LogP contribution in [-0.2, 0) is 0 Å². The third kappa shape index (κ3) is 4.89. The Labute approximate surface area is 173 Å². The molecule has 3 aromatic carbocycles. The molecule has 4 nitrogen and oxygen atoms in total. The Kier molecular flexibility index (Phi) is 6.02. The van der Waals surface area contributed by atoms with Crippen molar-refractivity contribution in [3.63, 3.8) is 0 Å². The predicted molar refractivity (Wildman–Crippen MR) is 119 cm³/mol. The van der Waals surface area contributed by atoms with Gasteiger partial charge in [-0.15, -0.1) is 0 Å². The molecule has 1 aliphatic heterocycles. The Morgan fingerprint density at radius 1 is 0.931 bits per heavy atom. The van der Waals surface area contributed by atoms with Gasteiger partial charge in [0, 0.05) is 5.69 Å². The SMILES string of the molecule is Cc1ccc(N2CC[NH+](C[C@@H](O)COc3ccc4ccccc4c3)CC2)cc1C. The molecule has 0 saturated carbocycles. The van der Waals surface area contributed by atoms with Crippen LogP contribution in [0.1, 0.15) is 11.1 Å². The first-order valence-corrected chi connectivity index (χ1v) is 10.5. The van der Waals surface area contributed by atoms with E-state index >= 15 is 0 Å². The van der Waals surface area contributed by atoms with Gasteiger partial charge in [-0.1, -0.05) is 36.4 Å². The van der Waals surface area contributed by atoms with E-state index in [9.17, 15) is 5.11 Å². The van der Waals surface area contributed by atoms with Crippen LogP contribution in [0.2, 0.25) is 0 Å². The molecule has 3 aromatic rings. The van der Waals surface area contributed by atoms with Crippen molar-refractivity contribution in [1.82, 2.24) is 0 Å². The largest absolute Gasteiger partial charge is 0.491 e. The number of anilines is 1. The molecule has 0 spiro atoms. The zero-order valence-electron chi connectivity index (χ0n) is 17.4. The summed E-state index contributed by atoms with van der Waals surface area (Å²) in [6.07, 6.45) is -0.454. The van der Waals surface area contributed by atoms with E-state index in [1.54, 1.807) is 0 Å². The summed E-state index contributed by atoms with van der Waals surface area (Å²) in [5, 5.41) is 12.8. The lowest BCUT2D eigenvalue weighted by Crippen LogP contribution is -3.16. The van der Waals surface area contributed by atoms with E-state index in [4.69, 9.17) is 4.74 Å². The molecule has 0 radical (unpaired) electrons. The van der Waals surface area contributed by atoms with E-state index in [2.05, 4.69) is 55.1 Å². The van der Waals surface area contributed by atoms with Crippen molar-refractivity contribution in [3.05, 3.63) is 71.8 Å². The predicted octanol–water partition coefficient (Wildman–Crippen LogP) is 2.60. The number of fused-ring (bicyclic) bond motifs is 1. The summed E-state index contributed by atoms with van der Waals surface area (Å²) in [4.78, 5) is 3.90. The third-order valence-electron chi connectivity index (χ3n) is 6.01. The molecule has 2 N–H and O–H groups in total. The lowest BCUT2D eigenvalue weighted by Gasteiger charge is -2.34. The molecule has 152 valence electrons. The number of aryl methyl sites for hydroxylation is 2. The summed E-state index contributed by atoms with van der Waals surface area (Å²) in [5.74, 6) is 0.817. The maximum atomic E-state index is 10.5. The molecule has 4 rings (SSSR count). The Morgan fingerprint density at radius 3 is 2.45 bits per heavy atom. The van der Waals surface area contributed by atoms with Crippen LogP contribution in [-0.4, -0.2) is 50.5 Å². The number of hydrogen-bond acceptors (Lipinski definition) is 3. The second kappa shape index (κ2) is 8.85. The average Bonchev–Trinajstić information content (AvgIpc) is 2.75. The maximum absolute atomic E-state index is 10.5. The second-order valence-corrected chi connectivity index (χ2v) is 8.18. The highest BCUT2D eigenvalue weighted by Crippen LogP contribution is 2.21. The van der Waals surface area contributed by atoms with E-state index in [1.807, 2.05) is 24.3 Å². The van der Waals surface area contributed by atoms with Crippen LogP contribution in [0.3, 0.4) is 0 Å². The van der Waals surface area contributed by atoms with Gasteiger partial charge in [-0.05, 0) is 60.0 Å². The van der Waals surface area contributed by atoms with E-state index in [1.165, 1.54) is 27.1 Å². The van der Waals surface area contributed by atoms with Crippen LogP contribution >= 0.6 is 0 Å². The molecule has 1 heterocycles. The zero-order valence-corrected chi connectivity index (χ0v) is 17.4. The molecule has 4 heteroatoms. The van der Waals surface area contributed by atoms with E-state index in [-0.39, 0.29) is 0 Å². The minimum Gasteiger partial charge on any atom is -0.491 e. The number of quaternary nitrogens is 1. The summed E-state index contributed by atoms with van der Waals surface area (Å²) in [7, 11) is 0. The van der Waals surface area contributed by atoms with Crippen molar-refractivity contribution in [1.29, 1.82) is 0 Å². The first-order valence-electron chi connectivity index (χ1n) is 10.5. The molecule has 0 aromatic heterocycles. The van der Waals surface area contributed by atoms with Crippen LogP contribution < -0.4 is 14.5 Å². The smallest absolute Gasteiger partial charge is 0.137 e. The van der Waals surface area contributed by atoms with Crippen LogP contribution in [0.5, 0.6) is 5.75 Å². The van der Waals surface area contributed by atoms with Gasteiger partial charge in [0.2, 0.25) is 0 Å². The van der Waals surface area contributed by atoms with Gasteiger partial charge in [-0.3, -0.25) is 0 Å². The summed E-state index contributed by atoms with van der Waals surface area (Å²) in [6.45, 7) is 9.53. The van der Waals surface area contributed by atoms with Crippen LogP contribution in [0.25, 0.3) is 10.8 Å². The fraction of sp³-hybridized carbons (Fsp3) is 0.360. The summed E-state index contributed by atoms with van der Waals surface area (Å²) < 4.78 is 5.86. The number of hydrogen-bond donors (Lipinski definition) is 2. The standard InChI is InChI=1S/C25H30N2O2/c1-19-7-9-23(15-20(19)2)27-13-11-26(12-14-27)17-24(28)18-29-25-10-8-21-5-3-4-6-22(21)16-25/h3-10,15-16,24,28H,11-14,17-18H2,1-2H3/p+1/t24-/m1/s1. The van der Waals surface area contributed by atoms with E-state index in [0.717, 1.165) is 43.9 Å². The molecule has 0 aliphatic carbocycles. The van der Waals surface area contributed by atoms with Gasteiger partial charge in [0.1, 0.15) is 25.0 Å². The monoisotopic (exact) mass is 391 g/mol. The number of nitrogens with zero attached hydrogens (tertiary/aromatic N) is 1. The lowest BCUT2D eigenvalue weighted by atomic mass is 10.1. The van der Waals surface area contributed by atoms with Gasteiger partial charge in [0.15, 0.2) is 0 Å². The molecule has 0 unspecified atom stereocenters. The van der Waals surface area contributed by atoms with Crippen molar-refractivity contribution < 1.29 is 14.7 Å². The lowest BCUT2D eigenvalue weighted by molar-refractivity contribution is -0.903. The van der Waals surface area contributed by atoms with Crippen molar-refractivity contribution >= 4 is 16.5 Å². The third-order valence-corrected chi connectivity index (χ3v) is 6.01. The van der Waals surface area contributed by atoms with Crippen LogP contribution in [0, 0.1) is 13.8 Å². The first kappa shape index (κ1) is 19.7. The Bertz CT molecular complexity index is 964. The number of benzene rings is 3. The van der Waals surface area contributed by atoms with Gasteiger partial charge < -0.3 is 19.6 Å². The van der Waals surface area contributed by atoms with Crippen molar-refractivity contribution in [2.45, 2.75) is 20.0 Å². The maximum Gasteiger partial charge on any atom is 0.137 e. The van der Waals surface area contributed by atoms with Gasteiger partial charge in [0.25, 0.3) is 0 Å². The van der Waals surface area contributed by atoms with Crippen LogP contribution in [0.4, 0.5) is 5.69 Å². The van der Waals surface area contributed by atoms with Gasteiger partial charge in [-0.25, -0.2) is 0 Å². The highest BCUT2D eigenvalue weighted by molar-refractivity contribution is 5.83. The number of piperazine rings is 1. The fourth-order valence-corrected chi connectivity index (χ4v) is 4.05. The summed E-state index contributed by atoms with van der Waals surface area (Å²) in [5.41, 5.74) is 4.00. The molecule has 0 amide bonds. The van der Waals surface area contributed by atoms with E-state index in [0.29, 0.717) is 6.61 Å². The highest BCUT2D eigenvalue weighted by atomic mass is 16.5. The number of ether oxygens (including phenoxy) is 1. The summed E-state index contributed by atoms with van der Waals surface area (Å²) >= 11 is 0. The van der Waals surface area contributed by atoms with Gasteiger partial charge >= 0.3 is 0 Å². The number of aliphatic hydroxyl groups is 1. The molecule has 1 saturated heterocycles. The highest BCUT2D eigenvalue weighted by Gasteiger charge is 2.23. The number of nitrogens with one attached hydrogen (secondary N) is 1. The molecule has 29 heavy (non-hydrogen) atoms. The Balaban J connectivity index is 1.25. The minimum absolute atomic E-state index is 0.336. The Morgan fingerprint density at radius 2 is 1.69 bits per heavy atom. The minimum atomic E-state index is -0.454. The second-order valence-electron chi connectivity index (χ2n) is 8.18. The number of rotatable bonds is 6. The van der Waals surface area contributed by atoms with Crippen molar-refractivity contribution in [2.24, 2.45) is 0 Å². The van der Waals surface area contributed by atoms with Crippen molar-refractivity contribution in [2.75, 3.05) is 44.2 Å². The van der Waals surface area contributed by atoms with Crippen LogP contribution in [0.15, 0.2) is 60.7 Å². The average molecular weight is 392 g/mol. The fourth-order valence-electron chi connectivity index (χ4n) is 4.05. The number of aliphatic hydroxyl groups excluding tert-OH is 1. The van der Waals surface area contributed by atoms with Crippen molar-refractivity contribution in [3.8, 4) is 5.75 Å². The summed E-state index contributed by atoms with van der Waals surface area (Å²) in [6, 6.07) is 21.0. The molecular weight excluding hydrogens is 360 g/mol. The molecular formula is C25H31N2O2+. The molecule has 1 fully saturated rings.